The summed E-state index contributed by atoms with van der Waals surface area (Å²) in [5.74, 6) is 0. The monoisotopic (exact) mass is 288 g/mol. The molecule has 1 aromatic heterocycles. The molecule has 0 saturated carbocycles. The summed E-state index contributed by atoms with van der Waals surface area (Å²) in [4.78, 5) is 10.8. The third-order valence-electron chi connectivity index (χ3n) is 2.61. The van der Waals surface area contributed by atoms with Crippen LogP contribution >= 0.6 is 11.6 Å². The molecule has 0 saturated heterocycles. The van der Waals surface area contributed by atoms with E-state index in [-0.39, 0.29) is 10.7 Å². The SMILES string of the molecule is Cc1nn(-c2ccc(C(F)(F)F)cc2)c(Cl)c1C=O. The van der Waals surface area contributed by atoms with Crippen LogP contribution in [0.2, 0.25) is 5.15 Å². The Kier molecular flexibility index (Phi) is 3.36. The van der Waals surface area contributed by atoms with Crippen LogP contribution in [-0.2, 0) is 6.18 Å². The first kappa shape index (κ1) is 13.6. The molecule has 0 aliphatic rings. The number of hydrogen-bond acceptors (Lipinski definition) is 2. The van der Waals surface area contributed by atoms with E-state index in [1.807, 2.05) is 0 Å². The van der Waals surface area contributed by atoms with Gasteiger partial charge in [-0.15, -0.1) is 0 Å². The molecule has 0 radical (unpaired) electrons. The van der Waals surface area contributed by atoms with Gasteiger partial charge in [0.25, 0.3) is 0 Å². The topological polar surface area (TPSA) is 34.9 Å². The number of benzene rings is 1. The number of rotatable bonds is 2. The molecule has 1 heterocycles. The van der Waals surface area contributed by atoms with E-state index in [4.69, 9.17) is 11.6 Å². The highest BCUT2D eigenvalue weighted by Gasteiger charge is 2.30. The van der Waals surface area contributed by atoms with Gasteiger partial charge in [-0.25, -0.2) is 4.68 Å². The lowest BCUT2D eigenvalue weighted by Crippen LogP contribution is -2.05. The van der Waals surface area contributed by atoms with Crippen LogP contribution in [0.15, 0.2) is 24.3 Å². The second-order valence-electron chi connectivity index (χ2n) is 3.86. The number of aldehydes is 1. The minimum Gasteiger partial charge on any atom is -0.298 e. The van der Waals surface area contributed by atoms with E-state index in [2.05, 4.69) is 5.10 Å². The van der Waals surface area contributed by atoms with Crippen molar-refractivity contribution in [3.63, 3.8) is 0 Å². The van der Waals surface area contributed by atoms with Gasteiger partial charge in [0, 0.05) is 0 Å². The lowest BCUT2D eigenvalue weighted by molar-refractivity contribution is -0.137. The number of carbonyl (C=O) groups excluding carboxylic acids is 1. The van der Waals surface area contributed by atoms with Gasteiger partial charge in [0.15, 0.2) is 6.29 Å². The number of aryl methyl sites for hydroxylation is 1. The van der Waals surface area contributed by atoms with Crippen LogP contribution < -0.4 is 0 Å². The molecule has 0 unspecified atom stereocenters. The first-order valence-electron chi connectivity index (χ1n) is 5.22. The number of aromatic nitrogens is 2. The lowest BCUT2D eigenvalue weighted by Gasteiger charge is -2.08. The normalized spacial score (nSPS) is 11.6. The van der Waals surface area contributed by atoms with Crippen LogP contribution in [-0.4, -0.2) is 16.1 Å². The smallest absolute Gasteiger partial charge is 0.298 e. The van der Waals surface area contributed by atoms with Crippen LogP contribution in [0.4, 0.5) is 13.2 Å². The van der Waals surface area contributed by atoms with Crippen molar-refractivity contribution in [1.82, 2.24) is 9.78 Å². The largest absolute Gasteiger partial charge is 0.416 e. The molecular formula is C12H8ClF3N2O. The number of halogens is 4. The van der Waals surface area contributed by atoms with Crippen molar-refractivity contribution >= 4 is 17.9 Å². The van der Waals surface area contributed by atoms with Gasteiger partial charge in [-0.2, -0.15) is 18.3 Å². The van der Waals surface area contributed by atoms with Crippen molar-refractivity contribution in [3.8, 4) is 5.69 Å². The van der Waals surface area contributed by atoms with Crippen molar-refractivity contribution in [2.45, 2.75) is 13.1 Å². The Morgan fingerprint density at radius 3 is 2.26 bits per heavy atom. The van der Waals surface area contributed by atoms with Gasteiger partial charge in [-0.05, 0) is 31.2 Å². The number of carbonyl (C=O) groups is 1. The minimum atomic E-state index is -4.39. The number of hydrogen-bond donors (Lipinski definition) is 0. The summed E-state index contributed by atoms with van der Waals surface area (Å²) in [6, 6.07) is 4.36. The molecule has 3 nitrogen and oxygen atoms in total. The highest BCUT2D eigenvalue weighted by molar-refractivity contribution is 6.32. The van der Waals surface area contributed by atoms with E-state index in [1.165, 1.54) is 16.8 Å². The van der Waals surface area contributed by atoms with Gasteiger partial charge in [-0.3, -0.25) is 4.79 Å². The van der Waals surface area contributed by atoms with E-state index < -0.39 is 11.7 Å². The quantitative estimate of drug-likeness (QED) is 0.790. The molecular weight excluding hydrogens is 281 g/mol. The van der Waals surface area contributed by atoms with Crippen LogP contribution in [0.25, 0.3) is 5.69 Å². The number of nitrogens with zero attached hydrogens (tertiary/aromatic N) is 2. The average molecular weight is 289 g/mol. The molecule has 0 amide bonds. The van der Waals surface area contributed by atoms with Crippen molar-refractivity contribution in [2.24, 2.45) is 0 Å². The molecule has 1 aromatic carbocycles. The Hall–Kier alpha value is -1.82. The summed E-state index contributed by atoms with van der Waals surface area (Å²) in [7, 11) is 0. The summed E-state index contributed by atoms with van der Waals surface area (Å²) in [5, 5.41) is 4.09. The minimum absolute atomic E-state index is 0.0762. The van der Waals surface area contributed by atoms with E-state index in [1.54, 1.807) is 6.92 Å². The van der Waals surface area contributed by atoms with E-state index in [9.17, 15) is 18.0 Å². The summed E-state index contributed by atoms with van der Waals surface area (Å²) >= 11 is 5.94. The fourth-order valence-electron chi connectivity index (χ4n) is 1.61. The molecule has 7 heteroatoms. The Morgan fingerprint density at radius 1 is 1.26 bits per heavy atom. The van der Waals surface area contributed by atoms with E-state index in [0.717, 1.165) is 12.1 Å². The molecule has 0 bridgehead atoms. The Labute approximate surface area is 111 Å². The maximum atomic E-state index is 12.4. The molecule has 0 aliphatic heterocycles. The van der Waals surface area contributed by atoms with Crippen molar-refractivity contribution in [3.05, 3.63) is 46.2 Å². The van der Waals surface area contributed by atoms with Gasteiger partial charge in [0.2, 0.25) is 0 Å². The molecule has 2 aromatic rings. The zero-order chi connectivity index (χ0) is 14.2. The van der Waals surface area contributed by atoms with E-state index >= 15 is 0 Å². The van der Waals surface area contributed by atoms with E-state index in [0.29, 0.717) is 17.7 Å². The third kappa shape index (κ3) is 2.49. The summed E-state index contributed by atoms with van der Waals surface area (Å²) in [6.07, 6.45) is -3.83. The second-order valence-corrected chi connectivity index (χ2v) is 4.22. The summed E-state index contributed by atoms with van der Waals surface area (Å²) < 4.78 is 38.5. The molecule has 100 valence electrons. The zero-order valence-corrected chi connectivity index (χ0v) is 10.5. The van der Waals surface area contributed by atoms with Gasteiger partial charge >= 0.3 is 6.18 Å². The lowest BCUT2D eigenvalue weighted by atomic mass is 10.2. The average Bonchev–Trinajstić information content (AvgIpc) is 2.63. The predicted molar refractivity (Wildman–Crippen MR) is 63.7 cm³/mol. The predicted octanol–water partition coefficient (Wildman–Crippen LogP) is 3.67. The van der Waals surface area contributed by atoms with Gasteiger partial charge in [0.05, 0.1) is 22.5 Å². The third-order valence-corrected chi connectivity index (χ3v) is 2.97. The molecule has 19 heavy (non-hydrogen) atoms. The van der Waals surface area contributed by atoms with Gasteiger partial charge < -0.3 is 0 Å². The standard InChI is InChI=1S/C12H8ClF3N2O/c1-7-10(6-19)11(13)18(17-7)9-4-2-8(3-5-9)12(14,15)16/h2-6H,1H3. The van der Waals surface area contributed by atoms with Crippen LogP contribution in [0, 0.1) is 6.92 Å². The number of alkyl halides is 3. The van der Waals surface area contributed by atoms with Crippen LogP contribution in [0.1, 0.15) is 21.6 Å². The Balaban J connectivity index is 2.46. The van der Waals surface area contributed by atoms with Crippen LogP contribution in [0.3, 0.4) is 0 Å². The summed E-state index contributed by atoms with van der Waals surface area (Å²) in [6.45, 7) is 1.59. The second kappa shape index (κ2) is 4.70. The van der Waals surface area contributed by atoms with Crippen molar-refractivity contribution < 1.29 is 18.0 Å². The fraction of sp³-hybridized carbons (Fsp3) is 0.167. The molecule has 0 fully saturated rings. The Bertz CT molecular complexity index is 617. The van der Waals surface area contributed by atoms with Crippen molar-refractivity contribution in [1.29, 1.82) is 0 Å². The Morgan fingerprint density at radius 2 is 1.84 bits per heavy atom. The summed E-state index contributed by atoms with van der Waals surface area (Å²) in [5.41, 5.74) is 0.238. The highest BCUT2D eigenvalue weighted by atomic mass is 35.5. The first-order valence-corrected chi connectivity index (χ1v) is 5.60. The zero-order valence-electron chi connectivity index (χ0n) is 9.70. The van der Waals surface area contributed by atoms with Crippen molar-refractivity contribution in [2.75, 3.05) is 0 Å². The highest BCUT2D eigenvalue weighted by Crippen LogP contribution is 2.30. The maximum Gasteiger partial charge on any atom is 0.416 e. The molecule has 2 rings (SSSR count). The molecule has 0 spiro atoms. The molecule has 0 atom stereocenters. The van der Waals surface area contributed by atoms with Gasteiger partial charge in [-0.1, -0.05) is 11.6 Å². The molecule has 0 aliphatic carbocycles. The fourth-order valence-corrected chi connectivity index (χ4v) is 1.92. The molecule has 0 N–H and O–H groups in total. The maximum absolute atomic E-state index is 12.4. The first-order chi connectivity index (χ1) is 8.84. The van der Waals surface area contributed by atoms with Crippen LogP contribution in [0.5, 0.6) is 0 Å². The van der Waals surface area contributed by atoms with Gasteiger partial charge in [0.1, 0.15) is 5.15 Å².